The summed E-state index contributed by atoms with van der Waals surface area (Å²) in [5, 5.41) is 14.4. The van der Waals surface area contributed by atoms with Crippen LogP contribution in [-0.4, -0.2) is 58.8 Å². The highest BCUT2D eigenvalue weighted by Crippen LogP contribution is 2.42. The number of halogens is 3. The van der Waals surface area contributed by atoms with E-state index in [0.717, 1.165) is 23.1 Å². The summed E-state index contributed by atoms with van der Waals surface area (Å²) < 4.78 is 47.0. The number of pyridine rings is 1. The first kappa shape index (κ1) is 27.7. The van der Waals surface area contributed by atoms with Crippen molar-refractivity contribution in [2.24, 2.45) is 0 Å². The Morgan fingerprint density at radius 2 is 1.93 bits per heavy atom. The van der Waals surface area contributed by atoms with Crippen LogP contribution in [-0.2, 0) is 22.3 Å². The van der Waals surface area contributed by atoms with Gasteiger partial charge in [-0.25, -0.2) is 10.1 Å². The van der Waals surface area contributed by atoms with Crippen molar-refractivity contribution < 1.29 is 22.7 Å². The van der Waals surface area contributed by atoms with Gasteiger partial charge < -0.3 is 19.4 Å². The number of hydrogen-bond acceptors (Lipinski definition) is 8. The van der Waals surface area contributed by atoms with Gasteiger partial charge in [-0.3, -0.25) is 9.59 Å². The molecule has 0 aliphatic carbocycles. The average Bonchev–Trinajstić information content (AvgIpc) is 3.34. The molecule has 1 amide bonds. The lowest BCUT2D eigenvalue weighted by Gasteiger charge is -2.35. The number of alkyl halides is 3. The molecule has 0 bridgehead atoms. The quantitative estimate of drug-likeness (QED) is 0.434. The SMILES string of the molecule is N#Cc1ccc(N2CCN(C(=O)C/C=C/OC[C@@H]3c4ccccc4CN3c3cn[nH]c(=O)c3C(F)(F)F)CC2)nc1. The van der Waals surface area contributed by atoms with Crippen LogP contribution in [0.2, 0.25) is 0 Å². The van der Waals surface area contributed by atoms with E-state index in [4.69, 9.17) is 10.00 Å². The lowest BCUT2D eigenvalue weighted by molar-refractivity contribution is -0.138. The molecular formula is C28H26F3N7O3. The predicted molar refractivity (Wildman–Crippen MR) is 143 cm³/mol. The number of carbonyl (C=O) groups is 1. The molecule has 1 atom stereocenters. The zero-order valence-electron chi connectivity index (χ0n) is 21.8. The topological polar surface area (TPSA) is 118 Å². The summed E-state index contributed by atoms with van der Waals surface area (Å²) in [6, 6.07) is 12.2. The maximum absolute atomic E-state index is 13.8. The number of benzene rings is 1. The van der Waals surface area contributed by atoms with Gasteiger partial charge in [0.2, 0.25) is 5.91 Å². The Kier molecular flexibility index (Phi) is 7.91. The van der Waals surface area contributed by atoms with Gasteiger partial charge in [-0.1, -0.05) is 24.3 Å². The number of fused-ring (bicyclic) bond motifs is 1. The standard InChI is InChI=1S/C28H26F3N7O3/c29-28(30,31)26-22(16-34-35-27(26)40)38-17-20-4-1-2-5-21(20)23(38)18-41-13-3-6-25(39)37-11-9-36(10-12-37)24-8-7-19(14-32)15-33-24/h1-5,7-8,13,15-16,23H,6,9-12,17-18H2,(H,35,40)/b13-3+/t23-/m1/s1. The molecule has 2 aromatic heterocycles. The Labute approximate surface area is 233 Å². The van der Waals surface area contributed by atoms with E-state index in [1.54, 1.807) is 35.2 Å². The first-order valence-electron chi connectivity index (χ1n) is 12.9. The van der Waals surface area contributed by atoms with Crippen LogP contribution in [0.15, 0.2) is 65.9 Å². The maximum Gasteiger partial charge on any atom is 0.423 e. The van der Waals surface area contributed by atoms with Crippen LogP contribution in [0.25, 0.3) is 0 Å². The van der Waals surface area contributed by atoms with E-state index in [1.807, 2.05) is 23.3 Å². The molecule has 1 fully saturated rings. The fourth-order valence-electron chi connectivity index (χ4n) is 5.10. The van der Waals surface area contributed by atoms with Gasteiger partial charge in [0, 0.05) is 45.3 Å². The summed E-state index contributed by atoms with van der Waals surface area (Å²) in [6.45, 7) is 2.42. The van der Waals surface area contributed by atoms with Crippen molar-refractivity contribution in [2.45, 2.75) is 25.2 Å². The number of anilines is 2. The van der Waals surface area contributed by atoms with E-state index < -0.39 is 23.3 Å². The van der Waals surface area contributed by atoms with Crippen molar-refractivity contribution in [2.75, 3.05) is 42.6 Å². The Morgan fingerprint density at radius 3 is 2.63 bits per heavy atom. The number of carbonyl (C=O) groups excluding carboxylic acids is 1. The van der Waals surface area contributed by atoms with Gasteiger partial charge in [0.05, 0.1) is 29.8 Å². The molecule has 5 rings (SSSR count). The van der Waals surface area contributed by atoms with Crippen LogP contribution in [0.5, 0.6) is 0 Å². The minimum absolute atomic E-state index is 0.00205. The number of aromatic amines is 1. The predicted octanol–water partition coefficient (Wildman–Crippen LogP) is 3.39. The number of nitrogens with one attached hydrogen (secondary N) is 1. The molecule has 1 aromatic carbocycles. The lowest BCUT2D eigenvalue weighted by Crippen LogP contribution is -2.48. The second-order valence-electron chi connectivity index (χ2n) is 9.59. The molecule has 1 N–H and O–H groups in total. The summed E-state index contributed by atoms with van der Waals surface area (Å²) in [5.41, 5.74) is -0.830. The van der Waals surface area contributed by atoms with Crippen LogP contribution in [0.4, 0.5) is 24.7 Å². The van der Waals surface area contributed by atoms with Gasteiger partial charge in [0.25, 0.3) is 5.56 Å². The highest BCUT2D eigenvalue weighted by Gasteiger charge is 2.42. The number of ether oxygens (including phenoxy) is 1. The van der Waals surface area contributed by atoms with E-state index in [-0.39, 0.29) is 31.2 Å². The van der Waals surface area contributed by atoms with E-state index >= 15 is 0 Å². The number of rotatable bonds is 7. The molecule has 4 heterocycles. The summed E-state index contributed by atoms with van der Waals surface area (Å²) in [7, 11) is 0. The number of aromatic nitrogens is 3. The average molecular weight is 566 g/mol. The number of H-pyrrole nitrogens is 1. The molecule has 13 heteroatoms. The minimum Gasteiger partial charge on any atom is -0.499 e. The highest BCUT2D eigenvalue weighted by atomic mass is 19.4. The zero-order valence-corrected chi connectivity index (χ0v) is 21.8. The van der Waals surface area contributed by atoms with Crippen LogP contribution in [0.1, 0.15) is 34.7 Å². The molecule has 1 saturated heterocycles. The molecule has 0 radical (unpaired) electrons. The molecule has 41 heavy (non-hydrogen) atoms. The van der Waals surface area contributed by atoms with E-state index in [9.17, 15) is 22.8 Å². The third-order valence-electron chi connectivity index (χ3n) is 7.13. The first-order valence-corrected chi connectivity index (χ1v) is 12.9. The molecule has 2 aliphatic heterocycles. The van der Waals surface area contributed by atoms with Gasteiger partial charge in [0.15, 0.2) is 0 Å². The molecule has 212 valence electrons. The second-order valence-corrected chi connectivity index (χ2v) is 9.59. The summed E-state index contributed by atoms with van der Waals surface area (Å²) >= 11 is 0. The van der Waals surface area contributed by atoms with Crippen LogP contribution >= 0.6 is 0 Å². The molecule has 0 saturated carbocycles. The minimum atomic E-state index is -4.86. The molecule has 0 unspecified atom stereocenters. The Hall–Kier alpha value is -4.86. The van der Waals surface area contributed by atoms with Gasteiger partial charge in [-0.2, -0.15) is 23.5 Å². The van der Waals surface area contributed by atoms with Crippen molar-refractivity contribution in [1.29, 1.82) is 5.26 Å². The monoisotopic (exact) mass is 565 g/mol. The van der Waals surface area contributed by atoms with Gasteiger partial charge >= 0.3 is 6.18 Å². The summed E-state index contributed by atoms with van der Waals surface area (Å²) in [6.07, 6.45) is 0.737. The van der Waals surface area contributed by atoms with Gasteiger partial charge in [-0.15, -0.1) is 0 Å². The van der Waals surface area contributed by atoms with Crippen molar-refractivity contribution >= 4 is 17.4 Å². The normalized spacial score (nSPS) is 17.0. The largest absolute Gasteiger partial charge is 0.499 e. The van der Waals surface area contributed by atoms with Crippen molar-refractivity contribution in [1.82, 2.24) is 20.1 Å². The first-order chi connectivity index (χ1) is 19.8. The summed E-state index contributed by atoms with van der Waals surface area (Å²) in [4.78, 5) is 34.3. The highest BCUT2D eigenvalue weighted by molar-refractivity contribution is 5.78. The lowest BCUT2D eigenvalue weighted by atomic mass is 10.1. The number of hydrogen-bond donors (Lipinski definition) is 1. The fraction of sp³-hybridized carbons (Fsp3) is 0.321. The number of piperazine rings is 1. The second kappa shape index (κ2) is 11.7. The van der Waals surface area contributed by atoms with Gasteiger partial charge in [-0.05, 0) is 29.3 Å². The van der Waals surface area contributed by atoms with E-state index in [1.165, 1.54) is 17.4 Å². The molecular weight excluding hydrogens is 539 g/mol. The third-order valence-corrected chi connectivity index (χ3v) is 7.13. The van der Waals surface area contributed by atoms with Gasteiger partial charge in [0.1, 0.15) is 24.1 Å². The van der Waals surface area contributed by atoms with Crippen LogP contribution in [0.3, 0.4) is 0 Å². The molecule has 0 spiro atoms. The van der Waals surface area contributed by atoms with E-state index in [2.05, 4.69) is 15.0 Å². The van der Waals surface area contributed by atoms with Crippen molar-refractivity contribution in [3.8, 4) is 6.07 Å². The fourth-order valence-corrected chi connectivity index (χ4v) is 5.10. The van der Waals surface area contributed by atoms with Crippen molar-refractivity contribution in [3.63, 3.8) is 0 Å². The van der Waals surface area contributed by atoms with Crippen LogP contribution < -0.4 is 15.4 Å². The molecule has 3 aromatic rings. The summed E-state index contributed by atoms with van der Waals surface area (Å²) in [5.74, 6) is 0.680. The zero-order chi connectivity index (χ0) is 29.0. The van der Waals surface area contributed by atoms with E-state index in [0.29, 0.717) is 31.7 Å². The Balaban J connectivity index is 1.18. The van der Waals surface area contributed by atoms with Crippen molar-refractivity contribution in [3.05, 3.63) is 93.7 Å². The number of amides is 1. The number of nitrogens with zero attached hydrogens (tertiary/aromatic N) is 6. The molecule has 2 aliphatic rings. The third kappa shape index (κ3) is 6.01. The smallest absolute Gasteiger partial charge is 0.423 e. The number of nitriles is 1. The molecule has 10 nitrogen and oxygen atoms in total. The Bertz CT molecular complexity index is 1520. The maximum atomic E-state index is 13.8. The van der Waals surface area contributed by atoms with Crippen LogP contribution in [0, 0.1) is 11.3 Å². The Morgan fingerprint density at radius 1 is 1.15 bits per heavy atom.